The molecule has 0 radical (unpaired) electrons. The molecule has 0 heterocycles. The average Bonchev–Trinajstić information content (AvgIpc) is 2.40. The number of sulfonamides is 1. The Labute approximate surface area is 125 Å². The van der Waals surface area contributed by atoms with E-state index < -0.39 is 15.8 Å². The van der Waals surface area contributed by atoms with Crippen LogP contribution in [0.2, 0.25) is 5.02 Å². The summed E-state index contributed by atoms with van der Waals surface area (Å²) in [6, 6.07) is 2.40. The van der Waals surface area contributed by atoms with Crippen LogP contribution in [0.1, 0.15) is 25.8 Å². The fourth-order valence-corrected chi connectivity index (χ4v) is 3.27. The summed E-state index contributed by atoms with van der Waals surface area (Å²) in [7, 11) is -2.20. The lowest BCUT2D eigenvalue weighted by Crippen LogP contribution is -2.28. The van der Waals surface area contributed by atoms with Gasteiger partial charge in [-0.1, -0.05) is 25.4 Å². The molecule has 0 spiro atoms. The lowest BCUT2D eigenvalue weighted by molar-refractivity contribution is 0.467. The highest BCUT2D eigenvalue weighted by molar-refractivity contribution is 7.89. The van der Waals surface area contributed by atoms with E-state index in [0.717, 1.165) is 6.07 Å². The number of benzene rings is 1. The van der Waals surface area contributed by atoms with Crippen LogP contribution in [0.25, 0.3) is 0 Å². The van der Waals surface area contributed by atoms with Crippen molar-refractivity contribution >= 4 is 21.6 Å². The number of halogens is 2. The molecule has 1 N–H and O–H groups in total. The van der Waals surface area contributed by atoms with Gasteiger partial charge in [-0.2, -0.15) is 0 Å². The topological polar surface area (TPSA) is 49.4 Å². The summed E-state index contributed by atoms with van der Waals surface area (Å²) in [6.07, 6.45) is 0.691. The maximum absolute atomic E-state index is 13.8. The molecular weight excluding hydrogens is 303 g/mol. The van der Waals surface area contributed by atoms with Gasteiger partial charge in [-0.25, -0.2) is 17.1 Å². The first kappa shape index (κ1) is 17.4. The molecule has 4 nitrogen and oxygen atoms in total. The van der Waals surface area contributed by atoms with Crippen molar-refractivity contribution in [1.82, 2.24) is 9.62 Å². The number of rotatable bonds is 7. The number of nitrogens with zero attached hydrogens (tertiary/aromatic N) is 1. The van der Waals surface area contributed by atoms with Gasteiger partial charge in [0, 0.05) is 20.1 Å². The summed E-state index contributed by atoms with van der Waals surface area (Å²) in [5.74, 6) is -0.717. The Morgan fingerprint density at radius 1 is 1.35 bits per heavy atom. The van der Waals surface area contributed by atoms with Crippen LogP contribution >= 0.6 is 11.6 Å². The number of hydrogen-bond donors (Lipinski definition) is 1. The van der Waals surface area contributed by atoms with Crippen LogP contribution in [0.3, 0.4) is 0 Å². The third-order valence-electron chi connectivity index (χ3n) is 2.89. The van der Waals surface area contributed by atoms with Crippen molar-refractivity contribution in [3.05, 3.63) is 28.5 Å². The minimum Gasteiger partial charge on any atom is -0.313 e. The average molecular weight is 323 g/mol. The second-order valence-electron chi connectivity index (χ2n) is 4.49. The lowest BCUT2D eigenvalue weighted by Gasteiger charge is -2.17. The third kappa shape index (κ3) is 3.91. The predicted octanol–water partition coefficient (Wildman–Crippen LogP) is 2.62. The second-order valence-corrected chi connectivity index (χ2v) is 6.91. The van der Waals surface area contributed by atoms with Crippen LogP contribution in [-0.4, -0.2) is 32.9 Å². The van der Waals surface area contributed by atoms with E-state index in [9.17, 15) is 12.8 Å². The van der Waals surface area contributed by atoms with E-state index in [-0.39, 0.29) is 9.92 Å². The van der Waals surface area contributed by atoms with Crippen LogP contribution in [0, 0.1) is 5.82 Å². The molecule has 0 atom stereocenters. The minimum atomic E-state index is -3.68. The van der Waals surface area contributed by atoms with Crippen LogP contribution in [0.15, 0.2) is 17.0 Å². The van der Waals surface area contributed by atoms with Gasteiger partial charge in [0.1, 0.15) is 5.82 Å². The maximum atomic E-state index is 13.8. The second kappa shape index (κ2) is 7.36. The number of nitrogens with one attached hydrogen (secondary N) is 1. The fourth-order valence-electron chi connectivity index (χ4n) is 1.77. The van der Waals surface area contributed by atoms with E-state index in [4.69, 9.17) is 11.6 Å². The molecule has 0 unspecified atom stereocenters. The first-order valence-electron chi connectivity index (χ1n) is 6.49. The molecule has 1 aromatic carbocycles. The van der Waals surface area contributed by atoms with Crippen molar-refractivity contribution in [2.45, 2.75) is 31.7 Å². The fraction of sp³-hybridized carbons (Fsp3) is 0.538. The predicted molar refractivity (Wildman–Crippen MR) is 78.9 cm³/mol. The zero-order valence-electron chi connectivity index (χ0n) is 11.9. The molecule has 0 saturated carbocycles. The first-order valence-corrected chi connectivity index (χ1v) is 8.31. The van der Waals surface area contributed by atoms with Crippen LogP contribution in [0.5, 0.6) is 0 Å². The van der Waals surface area contributed by atoms with Gasteiger partial charge >= 0.3 is 0 Å². The normalized spacial score (nSPS) is 12.1. The van der Waals surface area contributed by atoms with Gasteiger partial charge in [-0.15, -0.1) is 0 Å². The van der Waals surface area contributed by atoms with E-state index in [2.05, 4.69) is 5.32 Å². The van der Waals surface area contributed by atoms with Crippen LogP contribution in [0.4, 0.5) is 4.39 Å². The van der Waals surface area contributed by atoms with E-state index in [1.807, 2.05) is 13.8 Å². The highest BCUT2D eigenvalue weighted by Gasteiger charge is 2.23. The van der Waals surface area contributed by atoms with E-state index in [0.29, 0.717) is 31.6 Å². The smallest absolute Gasteiger partial charge is 0.242 e. The molecule has 1 aromatic rings. The monoisotopic (exact) mass is 322 g/mol. The Bertz CT molecular complexity index is 564. The Kier molecular flexibility index (Phi) is 6.39. The lowest BCUT2D eigenvalue weighted by atomic mass is 10.2. The largest absolute Gasteiger partial charge is 0.313 e. The summed E-state index contributed by atoms with van der Waals surface area (Å²) < 4.78 is 39.6. The Morgan fingerprint density at radius 3 is 2.55 bits per heavy atom. The first-order chi connectivity index (χ1) is 9.34. The molecule has 7 heteroatoms. The quantitative estimate of drug-likeness (QED) is 0.839. The highest BCUT2D eigenvalue weighted by atomic mass is 35.5. The minimum absolute atomic E-state index is 0.0388. The molecule has 0 fully saturated rings. The summed E-state index contributed by atoms with van der Waals surface area (Å²) in [5, 5.41) is 2.97. The van der Waals surface area contributed by atoms with Gasteiger partial charge in [0.2, 0.25) is 10.0 Å². The summed E-state index contributed by atoms with van der Waals surface area (Å²) in [4.78, 5) is -0.0664. The molecule has 0 bridgehead atoms. The van der Waals surface area contributed by atoms with Crippen molar-refractivity contribution < 1.29 is 12.8 Å². The molecule has 20 heavy (non-hydrogen) atoms. The zero-order chi connectivity index (χ0) is 15.3. The molecule has 0 aliphatic carbocycles. The summed E-state index contributed by atoms with van der Waals surface area (Å²) in [5.41, 5.74) is 0.442. The molecule has 0 aliphatic heterocycles. The molecule has 0 saturated heterocycles. The van der Waals surface area contributed by atoms with Gasteiger partial charge in [0.15, 0.2) is 0 Å². The third-order valence-corrected chi connectivity index (χ3v) is 5.15. The van der Waals surface area contributed by atoms with E-state index in [1.54, 1.807) is 0 Å². The van der Waals surface area contributed by atoms with Gasteiger partial charge in [0.25, 0.3) is 0 Å². The Morgan fingerprint density at radius 2 is 2.00 bits per heavy atom. The SMILES string of the molecule is CCCN(C)S(=O)(=O)c1cc(F)c(Cl)c(CNCC)c1. The Hall–Kier alpha value is -0.690. The van der Waals surface area contributed by atoms with Gasteiger partial charge in [-0.05, 0) is 30.7 Å². The van der Waals surface area contributed by atoms with Crippen molar-refractivity contribution in [1.29, 1.82) is 0 Å². The van der Waals surface area contributed by atoms with Crippen LogP contribution in [-0.2, 0) is 16.6 Å². The van der Waals surface area contributed by atoms with Crippen LogP contribution < -0.4 is 5.32 Å². The highest BCUT2D eigenvalue weighted by Crippen LogP contribution is 2.26. The maximum Gasteiger partial charge on any atom is 0.242 e. The molecule has 1 rings (SSSR count). The number of hydrogen-bond acceptors (Lipinski definition) is 3. The van der Waals surface area contributed by atoms with Gasteiger partial charge in [-0.3, -0.25) is 0 Å². The van der Waals surface area contributed by atoms with E-state index >= 15 is 0 Å². The molecule has 0 aliphatic rings. The zero-order valence-corrected chi connectivity index (χ0v) is 13.5. The van der Waals surface area contributed by atoms with Crippen molar-refractivity contribution in [2.24, 2.45) is 0 Å². The molecular formula is C13H20ClFN2O2S. The van der Waals surface area contributed by atoms with Gasteiger partial charge < -0.3 is 5.32 Å². The van der Waals surface area contributed by atoms with E-state index in [1.165, 1.54) is 17.4 Å². The summed E-state index contributed by atoms with van der Waals surface area (Å²) in [6.45, 7) is 5.18. The molecule has 114 valence electrons. The van der Waals surface area contributed by atoms with Gasteiger partial charge in [0.05, 0.1) is 9.92 Å². The molecule has 0 aromatic heterocycles. The van der Waals surface area contributed by atoms with Crippen molar-refractivity contribution in [3.63, 3.8) is 0 Å². The molecule has 0 amide bonds. The van der Waals surface area contributed by atoms with Crippen molar-refractivity contribution in [3.8, 4) is 0 Å². The summed E-state index contributed by atoms with van der Waals surface area (Å²) >= 11 is 5.87. The Balaban J connectivity index is 3.22. The standard InChI is InChI=1S/C13H20ClFN2O2S/c1-4-6-17(3)20(18,19)11-7-10(9-16-5-2)13(14)12(15)8-11/h7-8,16H,4-6,9H2,1-3H3. The van der Waals surface area contributed by atoms with Crippen molar-refractivity contribution in [2.75, 3.05) is 20.1 Å².